The predicted octanol–water partition coefficient (Wildman–Crippen LogP) is 0.872. The van der Waals surface area contributed by atoms with E-state index in [1.807, 2.05) is 0 Å². The molecule has 0 fully saturated rings. The van der Waals surface area contributed by atoms with Gasteiger partial charge in [0.25, 0.3) is 0 Å². The van der Waals surface area contributed by atoms with Crippen molar-refractivity contribution in [1.82, 2.24) is 5.32 Å². The molecule has 0 saturated carbocycles. The Morgan fingerprint density at radius 1 is 1.67 bits per heavy atom. The SMILES string of the molecule is CC(C)NCS. The van der Waals surface area contributed by atoms with Gasteiger partial charge in [-0.2, -0.15) is 12.6 Å². The molecule has 6 heavy (non-hydrogen) atoms. The molecule has 0 aromatic carbocycles. The average Bonchev–Trinajstić information content (AvgIpc) is 1.35. The fraction of sp³-hybridized carbons (Fsp3) is 1.00. The van der Waals surface area contributed by atoms with Crippen molar-refractivity contribution in [3.8, 4) is 0 Å². The lowest BCUT2D eigenvalue weighted by molar-refractivity contribution is 0.656. The molecule has 2 heteroatoms. The zero-order valence-corrected chi connectivity index (χ0v) is 5.13. The van der Waals surface area contributed by atoms with Gasteiger partial charge in [0.15, 0.2) is 0 Å². The van der Waals surface area contributed by atoms with Crippen molar-refractivity contribution in [2.75, 3.05) is 5.88 Å². The van der Waals surface area contributed by atoms with Gasteiger partial charge in [-0.3, -0.25) is 0 Å². The number of hydrogen-bond donors (Lipinski definition) is 2. The molecule has 0 unspecified atom stereocenters. The van der Waals surface area contributed by atoms with E-state index in [1.165, 1.54) is 0 Å². The molecular formula is C4H11NS. The fourth-order valence-electron chi connectivity index (χ4n) is 0.183. The zero-order valence-electron chi connectivity index (χ0n) is 4.23. The van der Waals surface area contributed by atoms with E-state index in [4.69, 9.17) is 0 Å². The van der Waals surface area contributed by atoms with Gasteiger partial charge in [-0.1, -0.05) is 13.8 Å². The first-order valence-corrected chi connectivity index (χ1v) is 2.75. The second kappa shape index (κ2) is 3.50. The maximum absolute atomic E-state index is 3.95. The first-order valence-electron chi connectivity index (χ1n) is 2.11. The molecule has 0 saturated heterocycles. The lowest BCUT2D eigenvalue weighted by Crippen LogP contribution is -2.20. The molecule has 0 aliphatic rings. The highest BCUT2D eigenvalue weighted by atomic mass is 32.1. The first kappa shape index (κ1) is 6.31. The van der Waals surface area contributed by atoms with Crippen molar-refractivity contribution < 1.29 is 0 Å². The molecule has 0 spiro atoms. The lowest BCUT2D eigenvalue weighted by atomic mass is 10.4. The summed E-state index contributed by atoms with van der Waals surface area (Å²) < 4.78 is 0. The third kappa shape index (κ3) is 4.31. The third-order valence-electron chi connectivity index (χ3n) is 0.500. The zero-order chi connectivity index (χ0) is 4.99. The van der Waals surface area contributed by atoms with Crippen LogP contribution in [0.1, 0.15) is 13.8 Å². The van der Waals surface area contributed by atoms with Gasteiger partial charge in [0, 0.05) is 11.9 Å². The number of nitrogens with one attached hydrogen (secondary N) is 1. The van der Waals surface area contributed by atoms with E-state index in [9.17, 15) is 0 Å². The molecule has 0 heterocycles. The van der Waals surface area contributed by atoms with Gasteiger partial charge in [0.2, 0.25) is 0 Å². The summed E-state index contributed by atoms with van der Waals surface area (Å²) in [5.41, 5.74) is 0. The molecule has 0 radical (unpaired) electrons. The van der Waals surface area contributed by atoms with Crippen LogP contribution >= 0.6 is 12.6 Å². The van der Waals surface area contributed by atoms with Gasteiger partial charge in [-0.15, -0.1) is 0 Å². The standard InChI is InChI=1S/C4H11NS/c1-4(2)5-3-6/h4-6H,3H2,1-2H3. The van der Waals surface area contributed by atoms with Crippen LogP contribution < -0.4 is 5.32 Å². The predicted molar refractivity (Wildman–Crippen MR) is 32.1 cm³/mol. The molecule has 0 aromatic rings. The van der Waals surface area contributed by atoms with Crippen molar-refractivity contribution in [2.24, 2.45) is 0 Å². The Balaban J connectivity index is 2.63. The summed E-state index contributed by atoms with van der Waals surface area (Å²) in [6.07, 6.45) is 0. The first-order chi connectivity index (χ1) is 2.77. The van der Waals surface area contributed by atoms with Crippen LogP contribution in [-0.4, -0.2) is 11.9 Å². The van der Waals surface area contributed by atoms with E-state index in [-0.39, 0.29) is 0 Å². The Hall–Kier alpha value is 0.310. The Labute approximate surface area is 44.5 Å². The maximum Gasteiger partial charge on any atom is 0.0389 e. The van der Waals surface area contributed by atoms with Gasteiger partial charge in [0.1, 0.15) is 0 Å². The van der Waals surface area contributed by atoms with Crippen molar-refractivity contribution in [3.63, 3.8) is 0 Å². The molecule has 0 amide bonds. The lowest BCUT2D eigenvalue weighted by Gasteiger charge is -2.00. The average molecular weight is 105 g/mol. The number of rotatable bonds is 2. The van der Waals surface area contributed by atoms with E-state index in [1.54, 1.807) is 0 Å². The Kier molecular flexibility index (Phi) is 3.68. The molecule has 1 nitrogen and oxygen atoms in total. The van der Waals surface area contributed by atoms with Crippen LogP contribution in [0.5, 0.6) is 0 Å². The van der Waals surface area contributed by atoms with Crippen molar-refractivity contribution in [3.05, 3.63) is 0 Å². The van der Waals surface area contributed by atoms with E-state index in [0.29, 0.717) is 6.04 Å². The molecule has 0 bridgehead atoms. The van der Waals surface area contributed by atoms with Crippen LogP contribution in [0.15, 0.2) is 0 Å². The van der Waals surface area contributed by atoms with Crippen molar-refractivity contribution >= 4 is 12.6 Å². The van der Waals surface area contributed by atoms with Gasteiger partial charge >= 0.3 is 0 Å². The molecule has 0 aliphatic carbocycles. The Morgan fingerprint density at radius 2 is 2.17 bits per heavy atom. The molecule has 0 aromatic heterocycles. The quantitative estimate of drug-likeness (QED) is 0.392. The molecule has 0 atom stereocenters. The second-order valence-electron chi connectivity index (χ2n) is 1.52. The summed E-state index contributed by atoms with van der Waals surface area (Å²) in [6.45, 7) is 4.19. The molecule has 0 aliphatic heterocycles. The largest absolute Gasteiger partial charge is 0.306 e. The minimum atomic E-state index is 0.572. The highest BCUT2D eigenvalue weighted by Gasteiger charge is 1.82. The normalized spacial score (nSPS) is 10.0. The van der Waals surface area contributed by atoms with Gasteiger partial charge in [-0.25, -0.2) is 0 Å². The summed E-state index contributed by atoms with van der Waals surface area (Å²) >= 11 is 3.95. The minimum Gasteiger partial charge on any atom is -0.306 e. The summed E-state index contributed by atoms with van der Waals surface area (Å²) in [5, 5.41) is 3.07. The smallest absolute Gasteiger partial charge is 0.0389 e. The minimum absolute atomic E-state index is 0.572. The maximum atomic E-state index is 3.95. The molecule has 1 N–H and O–H groups in total. The summed E-state index contributed by atoms with van der Waals surface area (Å²) in [7, 11) is 0. The molecule has 0 rings (SSSR count). The van der Waals surface area contributed by atoms with Crippen molar-refractivity contribution in [1.29, 1.82) is 0 Å². The summed E-state index contributed by atoms with van der Waals surface area (Å²) in [5.74, 6) is 0.775. The monoisotopic (exact) mass is 105 g/mol. The van der Waals surface area contributed by atoms with Crippen LogP contribution in [0.4, 0.5) is 0 Å². The Morgan fingerprint density at radius 3 is 2.17 bits per heavy atom. The van der Waals surface area contributed by atoms with E-state index >= 15 is 0 Å². The molecular weight excluding hydrogens is 94.1 g/mol. The Bertz CT molecular complexity index is 28.7. The fourth-order valence-corrected chi connectivity index (χ4v) is 0.548. The van der Waals surface area contributed by atoms with Crippen LogP contribution in [0.2, 0.25) is 0 Å². The topological polar surface area (TPSA) is 12.0 Å². The summed E-state index contributed by atoms with van der Waals surface area (Å²) in [4.78, 5) is 0. The van der Waals surface area contributed by atoms with Gasteiger partial charge in [-0.05, 0) is 0 Å². The van der Waals surface area contributed by atoms with Gasteiger partial charge in [0.05, 0.1) is 0 Å². The van der Waals surface area contributed by atoms with Crippen LogP contribution in [0, 0.1) is 0 Å². The van der Waals surface area contributed by atoms with Crippen LogP contribution in [0.25, 0.3) is 0 Å². The van der Waals surface area contributed by atoms with E-state index in [0.717, 1.165) is 5.88 Å². The van der Waals surface area contributed by atoms with Gasteiger partial charge < -0.3 is 5.32 Å². The highest BCUT2D eigenvalue weighted by molar-refractivity contribution is 7.80. The highest BCUT2D eigenvalue weighted by Crippen LogP contribution is 1.74. The summed E-state index contributed by atoms with van der Waals surface area (Å²) in [6, 6.07) is 0.572. The van der Waals surface area contributed by atoms with E-state index < -0.39 is 0 Å². The van der Waals surface area contributed by atoms with Crippen LogP contribution in [0.3, 0.4) is 0 Å². The van der Waals surface area contributed by atoms with Crippen LogP contribution in [-0.2, 0) is 0 Å². The second-order valence-corrected chi connectivity index (χ2v) is 1.83. The number of thiol groups is 1. The van der Waals surface area contributed by atoms with E-state index in [2.05, 4.69) is 31.8 Å². The molecule has 38 valence electrons. The number of hydrogen-bond acceptors (Lipinski definition) is 2. The van der Waals surface area contributed by atoms with Crippen molar-refractivity contribution in [2.45, 2.75) is 19.9 Å². The third-order valence-corrected chi connectivity index (χ3v) is 0.682.